The predicted molar refractivity (Wildman–Crippen MR) is 133 cm³/mol. The van der Waals surface area contributed by atoms with Crippen LogP contribution in [0.1, 0.15) is 34.6 Å². The fourth-order valence-electron chi connectivity index (χ4n) is 4.71. The standard InChI is InChI=1S/C25H29N7O3/c1-16-5-3-6-18-15-19(31(25(34)20(16)18)10-9-30-11-13-35-14-12-30)17(2)28-24(33)21-22(26)29-32-8-4-7-27-23(21)32/h3-8,15,17H,9-14H2,1-2H3,(H2,26,29)(H,28,33). The topological polar surface area (TPSA) is 120 Å². The molecule has 5 rings (SSSR count). The van der Waals surface area contributed by atoms with E-state index in [2.05, 4.69) is 20.3 Å². The Hall–Kier alpha value is -3.76. The summed E-state index contributed by atoms with van der Waals surface area (Å²) in [4.78, 5) is 33.4. The number of aryl methyl sites for hydroxylation is 1. The molecule has 182 valence electrons. The highest BCUT2D eigenvalue weighted by Gasteiger charge is 2.23. The SMILES string of the molecule is Cc1cccc2cc(C(C)NC(=O)c3c(N)nn4cccnc34)n(CCN3CCOCC3)c(=O)c12. The Morgan fingerprint density at radius 2 is 2.03 bits per heavy atom. The summed E-state index contributed by atoms with van der Waals surface area (Å²) >= 11 is 0. The molecule has 4 aromatic rings. The number of hydrogen-bond acceptors (Lipinski definition) is 7. The van der Waals surface area contributed by atoms with Crippen LogP contribution in [0.25, 0.3) is 16.4 Å². The van der Waals surface area contributed by atoms with Crippen molar-refractivity contribution in [2.24, 2.45) is 0 Å². The minimum absolute atomic E-state index is 0.0536. The first-order valence-electron chi connectivity index (χ1n) is 11.8. The summed E-state index contributed by atoms with van der Waals surface area (Å²) in [6, 6.07) is 9.07. The second-order valence-electron chi connectivity index (χ2n) is 8.86. The lowest BCUT2D eigenvalue weighted by molar-refractivity contribution is 0.0361. The summed E-state index contributed by atoms with van der Waals surface area (Å²) < 4.78 is 8.71. The summed E-state index contributed by atoms with van der Waals surface area (Å²) in [5, 5.41) is 8.74. The molecule has 1 aliphatic rings. The summed E-state index contributed by atoms with van der Waals surface area (Å²) in [5.41, 5.74) is 8.25. The Kier molecular flexibility index (Phi) is 6.23. The van der Waals surface area contributed by atoms with Gasteiger partial charge in [-0.3, -0.25) is 14.5 Å². The first-order chi connectivity index (χ1) is 16.9. The number of nitrogen functional groups attached to an aromatic ring is 1. The van der Waals surface area contributed by atoms with E-state index < -0.39 is 6.04 Å². The van der Waals surface area contributed by atoms with Crippen molar-refractivity contribution in [1.82, 2.24) is 29.4 Å². The van der Waals surface area contributed by atoms with Crippen LogP contribution in [-0.2, 0) is 11.3 Å². The number of hydrogen-bond donors (Lipinski definition) is 2. The molecule has 4 heterocycles. The molecule has 10 nitrogen and oxygen atoms in total. The molecule has 1 atom stereocenters. The van der Waals surface area contributed by atoms with Gasteiger partial charge in [0.25, 0.3) is 11.5 Å². The number of benzene rings is 1. The number of morpholine rings is 1. The van der Waals surface area contributed by atoms with Crippen molar-refractivity contribution in [3.8, 4) is 0 Å². The van der Waals surface area contributed by atoms with Gasteiger partial charge in [0.2, 0.25) is 0 Å². The smallest absolute Gasteiger partial charge is 0.259 e. The third-order valence-corrected chi connectivity index (χ3v) is 6.56. The normalized spacial score (nSPS) is 15.5. The molecule has 3 aromatic heterocycles. The Bertz CT molecular complexity index is 1450. The van der Waals surface area contributed by atoms with Crippen LogP contribution in [0.5, 0.6) is 0 Å². The predicted octanol–water partition coefficient (Wildman–Crippen LogP) is 1.76. The minimum atomic E-state index is -0.456. The van der Waals surface area contributed by atoms with Crippen molar-refractivity contribution >= 4 is 28.1 Å². The third kappa shape index (κ3) is 4.38. The average Bonchev–Trinajstić information content (AvgIpc) is 3.19. The van der Waals surface area contributed by atoms with E-state index in [9.17, 15) is 9.59 Å². The van der Waals surface area contributed by atoms with E-state index in [-0.39, 0.29) is 22.8 Å². The number of anilines is 1. The second-order valence-corrected chi connectivity index (χ2v) is 8.86. The minimum Gasteiger partial charge on any atom is -0.381 e. The maximum absolute atomic E-state index is 13.7. The Balaban J connectivity index is 1.50. The van der Waals surface area contributed by atoms with E-state index in [1.807, 2.05) is 38.1 Å². The molecule has 10 heteroatoms. The number of nitrogens with zero attached hydrogens (tertiary/aromatic N) is 5. The highest BCUT2D eigenvalue weighted by molar-refractivity contribution is 6.04. The molecule has 0 spiro atoms. The molecular weight excluding hydrogens is 446 g/mol. The first-order valence-corrected chi connectivity index (χ1v) is 11.8. The number of pyridine rings is 1. The fourth-order valence-corrected chi connectivity index (χ4v) is 4.71. The van der Waals surface area contributed by atoms with E-state index in [0.717, 1.165) is 36.3 Å². The first kappa shape index (κ1) is 23.0. The van der Waals surface area contributed by atoms with Crippen molar-refractivity contribution < 1.29 is 9.53 Å². The van der Waals surface area contributed by atoms with Crippen LogP contribution in [0, 0.1) is 6.92 Å². The van der Waals surface area contributed by atoms with Gasteiger partial charge in [0, 0.05) is 44.3 Å². The molecule has 0 bridgehead atoms. The summed E-state index contributed by atoms with van der Waals surface area (Å²) in [5.74, 6) is -0.285. The number of nitrogens with two attached hydrogens (primary N) is 1. The second kappa shape index (κ2) is 9.47. The molecule has 1 aromatic carbocycles. The van der Waals surface area contributed by atoms with Gasteiger partial charge < -0.3 is 20.4 Å². The molecule has 35 heavy (non-hydrogen) atoms. The molecular formula is C25H29N7O3. The zero-order valence-electron chi connectivity index (χ0n) is 19.9. The van der Waals surface area contributed by atoms with Crippen molar-refractivity contribution in [2.45, 2.75) is 26.4 Å². The fraction of sp³-hybridized carbons (Fsp3) is 0.360. The quantitative estimate of drug-likeness (QED) is 0.436. The Labute approximate surface area is 202 Å². The summed E-state index contributed by atoms with van der Waals surface area (Å²) in [6.45, 7) is 8.11. The molecule has 0 saturated carbocycles. The van der Waals surface area contributed by atoms with Gasteiger partial charge in [-0.2, -0.15) is 0 Å². The van der Waals surface area contributed by atoms with Crippen molar-refractivity contribution in [1.29, 1.82) is 0 Å². The van der Waals surface area contributed by atoms with Crippen LogP contribution in [0.2, 0.25) is 0 Å². The molecule has 1 saturated heterocycles. The zero-order chi connectivity index (χ0) is 24.5. The third-order valence-electron chi connectivity index (χ3n) is 6.56. The maximum Gasteiger partial charge on any atom is 0.259 e. The molecule has 1 amide bonds. The van der Waals surface area contributed by atoms with Gasteiger partial charge in [-0.15, -0.1) is 5.10 Å². The number of aromatic nitrogens is 4. The number of nitrogens with one attached hydrogen (secondary N) is 1. The van der Waals surface area contributed by atoms with E-state index >= 15 is 0 Å². The van der Waals surface area contributed by atoms with Gasteiger partial charge in [0.1, 0.15) is 5.56 Å². The number of ether oxygens (including phenoxy) is 1. The van der Waals surface area contributed by atoms with Gasteiger partial charge in [0.05, 0.1) is 24.6 Å². The highest BCUT2D eigenvalue weighted by Crippen LogP contribution is 2.22. The van der Waals surface area contributed by atoms with Gasteiger partial charge in [0.15, 0.2) is 11.5 Å². The lowest BCUT2D eigenvalue weighted by Crippen LogP contribution is -2.40. The summed E-state index contributed by atoms with van der Waals surface area (Å²) in [6.07, 6.45) is 3.28. The van der Waals surface area contributed by atoms with Gasteiger partial charge >= 0.3 is 0 Å². The number of rotatable bonds is 6. The van der Waals surface area contributed by atoms with Gasteiger partial charge in [-0.05, 0) is 36.9 Å². The van der Waals surface area contributed by atoms with Gasteiger partial charge in [-0.25, -0.2) is 9.50 Å². The largest absolute Gasteiger partial charge is 0.381 e. The number of fused-ring (bicyclic) bond motifs is 2. The molecule has 0 aliphatic carbocycles. The van der Waals surface area contributed by atoms with Crippen molar-refractivity contribution in [2.75, 3.05) is 38.6 Å². The molecule has 1 unspecified atom stereocenters. The van der Waals surface area contributed by atoms with E-state index in [0.29, 0.717) is 30.8 Å². The van der Waals surface area contributed by atoms with Crippen LogP contribution < -0.4 is 16.6 Å². The molecule has 1 fully saturated rings. The number of amides is 1. The van der Waals surface area contributed by atoms with E-state index in [4.69, 9.17) is 10.5 Å². The van der Waals surface area contributed by atoms with Crippen LogP contribution >= 0.6 is 0 Å². The van der Waals surface area contributed by atoms with Crippen LogP contribution in [0.15, 0.2) is 47.5 Å². The maximum atomic E-state index is 13.7. The zero-order valence-corrected chi connectivity index (χ0v) is 19.9. The monoisotopic (exact) mass is 475 g/mol. The lowest BCUT2D eigenvalue weighted by Gasteiger charge is -2.28. The van der Waals surface area contributed by atoms with Crippen LogP contribution in [0.3, 0.4) is 0 Å². The molecule has 3 N–H and O–H groups in total. The molecule has 0 radical (unpaired) electrons. The van der Waals surface area contributed by atoms with E-state index in [1.165, 1.54) is 4.52 Å². The Morgan fingerprint density at radius 1 is 1.23 bits per heavy atom. The van der Waals surface area contributed by atoms with Crippen molar-refractivity contribution in [3.63, 3.8) is 0 Å². The van der Waals surface area contributed by atoms with Crippen molar-refractivity contribution in [3.05, 3.63) is 69.9 Å². The van der Waals surface area contributed by atoms with E-state index in [1.54, 1.807) is 23.0 Å². The average molecular weight is 476 g/mol. The Morgan fingerprint density at radius 3 is 2.83 bits per heavy atom. The highest BCUT2D eigenvalue weighted by atomic mass is 16.5. The van der Waals surface area contributed by atoms with Gasteiger partial charge in [-0.1, -0.05) is 18.2 Å². The lowest BCUT2D eigenvalue weighted by atomic mass is 10.0. The number of carbonyl (C=O) groups excluding carboxylic acids is 1. The van der Waals surface area contributed by atoms with Crippen LogP contribution in [0.4, 0.5) is 5.82 Å². The number of carbonyl (C=O) groups is 1. The molecule has 1 aliphatic heterocycles. The summed E-state index contributed by atoms with van der Waals surface area (Å²) in [7, 11) is 0. The van der Waals surface area contributed by atoms with Crippen LogP contribution in [-0.4, -0.2) is 62.8 Å².